The minimum atomic E-state index is -0.375. The van der Waals surface area contributed by atoms with E-state index in [4.69, 9.17) is 0 Å². The van der Waals surface area contributed by atoms with Crippen LogP contribution in [-0.4, -0.2) is 60.4 Å². The van der Waals surface area contributed by atoms with E-state index in [1.54, 1.807) is 23.1 Å². The average Bonchev–Trinajstić information content (AvgIpc) is 3.39. The number of nitrogens with zero attached hydrogens (tertiary/aromatic N) is 3. The first-order chi connectivity index (χ1) is 13.1. The second-order valence-electron chi connectivity index (χ2n) is 6.90. The van der Waals surface area contributed by atoms with Crippen LogP contribution in [0.3, 0.4) is 0 Å². The SMILES string of the molecule is O=C(C1CCCN1C(=O)c1cccs1)N1CCN(c2ccccc2F)CC1. The number of likely N-dealkylation sites (tertiary alicyclic amines) is 1. The van der Waals surface area contributed by atoms with Crippen molar-refractivity contribution in [3.63, 3.8) is 0 Å². The van der Waals surface area contributed by atoms with Crippen LogP contribution in [0.4, 0.5) is 10.1 Å². The number of hydrogen-bond acceptors (Lipinski definition) is 4. The summed E-state index contributed by atoms with van der Waals surface area (Å²) in [5, 5.41) is 1.88. The van der Waals surface area contributed by atoms with E-state index in [2.05, 4.69) is 0 Å². The van der Waals surface area contributed by atoms with E-state index in [0.29, 0.717) is 49.7 Å². The molecule has 1 aromatic heterocycles. The lowest BCUT2D eigenvalue weighted by atomic mass is 10.1. The van der Waals surface area contributed by atoms with Crippen molar-refractivity contribution in [1.29, 1.82) is 0 Å². The molecule has 7 heteroatoms. The lowest BCUT2D eigenvalue weighted by molar-refractivity contribution is -0.135. The van der Waals surface area contributed by atoms with Crippen molar-refractivity contribution >= 4 is 28.8 Å². The summed E-state index contributed by atoms with van der Waals surface area (Å²) in [6.07, 6.45) is 1.56. The molecule has 0 N–H and O–H groups in total. The zero-order valence-electron chi connectivity index (χ0n) is 15.0. The number of para-hydroxylation sites is 1. The quantitative estimate of drug-likeness (QED) is 0.814. The van der Waals surface area contributed by atoms with E-state index in [-0.39, 0.29) is 23.7 Å². The van der Waals surface area contributed by atoms with Crippen molar-refractivity contribution in [3.05, 3.63) is 52.5 Å². The highest BCUT2D eigenvalue weighted by atomic mass is 32.1. The molecular formula is C20H22FN3O2S. The molecule has 0 saturated carbocycles. The number of piperazine rings is 1. The molecule has 142 valence electrons. The molecule has 0 bridgehead atoms. The Labute approximate surface area is 162 Å². The molecule has 27 heavy (non-hydrogen) atoms. The minimum Gasteiger partial charge on any atom is -0.366 e. The molecular weight excluding hydrogens is 365 g/mol. The van der Waals surface area contributed by atoms with E-state index >= 15 is 0 Å². The van der Waals surface area contributed by atoms with Crippen LogP contribution in [-0.2, 0) is 4.79 Å². The molecule has 2 aromatic rings. The topological polar surface area (TPSA) is 43.9 Å². The lowest BCUT2D eigenvalue weighted by Gasteiger charge is -2.38. The normalized spacial score (nSPS) is 20.2. The molecule has 3 heterocycles. The number of carbonyl (C=O) groups excluding carboxylic acids is 2. The van der Waals surface area contributed by atoms with Crippen molar-refractivity contribution in [2.75, 3.05) is 37.6 Å². The smallest absolute Gasteiger partial charge is 0.264 e. The van der Waals surface area contributed by atoms with Crippen LogP contribution in [0.1, 0.15) is 22.5 Å². The average molecular weight is 387 g/mol. The van der Waals surface area contributed by atoms with Gasteiger partial charge in [-0.15, -0.1) is 11.3 Å². The Morgan fingerprint density at radius 2 is 1.78 bits per heavy atom. The van der Waals surface area contributed by atoms with E-state index in [9.17, 15) is 14.0 Å². The first-order valence-electron chi connectivity index (χ1n) is 9.28. The van der Waals surface area contributed by atoms with Crippen molar-refractivity contribution in [2.45, 2.75) is 18.9 Å². The van der Waals surface area contributed by atoms with Gasteiger partial charge in [0.25, 0.3) is 5.91 Å². The first-order valence-corrected chi connectivity index (χ1v) is 10.2. The molecule has 2 fully saturated rings. The third kappa shape index (κ3) is 3.56. The summed E-state index contributed by atoms with van der Waals surface area (Å²) in [5.41, 5.74) is 0.583. The fourth-order valence-corrected chi connectivity index (χ4v) is 4.57. The number of carbonyl (C=O) groups is 2. The summed E-state index contributed by atoms with van der Waals surface area (Å²) in [4.78, 5) is 31.9. The Kier molecular flexibility index (Phi) is 5.11. The largest absolute Gasteiger partial charge is 0.366 e. The minimum absolute atomic E-state index is 0.0191. The summed E-state index contributed by atoms with van der Waals surface area (Å²) >= 11 is 1.41. The Hall–Kier alpha value is -2.41. The van der Waals surface area contributed by atoms with Gasteiger partial charge < -0.3 is 14.7 Å². The van der Waals surface area contributed by atoms with Gasteiger partial charge in [0.1, 0.15) is 11.9 Å². The Bertz CT molecular complexity index is 818. The zero-order chi connectivity index (χ0) is 18.8. The van der Waals surface area contributed by atoms with Gasteiger partial charge in [0, 0.05) is 32.7 Å². The molecule has 0 spiro atoms. The van der Waals surface area contributed by atoms with Crippen molar-refractivity contribution < 1.29 is 14.0 Å². The summed E-state index contributed by atoms with van der Waals surface area (Å²) in [6, 6.07) is 10.0. The van der Waals surface area contributed by atoms with Crippen LogP contribution in [0, 0.1) is 5.82 Å². The summed E-state index contributed by atoms with van der Waals surface area (Å²) < 4.78 is 14.0. The molecule has 2 aliphatic rings. The predicted octanol–water partition coefficient (Wildman–Crippen LogP) is 2.84. The van der Waals surface area contributed by atoms with Gasteiger partial charge in [-0.05, 0) is 36.4 Å². The number of hydrogen-bond donors (Lipinski definition) is 0. The van der Waals surface area contributed by atoms with E-state index in [1.807, 2.05) is 27.3 Å². The maximum absolute atomic E-state index is 14.0. The van der Waals surface area contributed by atoms with Crippen LogP contribution >= 0.6 is 11.3 Å². The van der Waals surface area contributed by atoms with Gasteiger partial charge in [-0.3, -0.25) is 9.59 Å². The second kappa shape index (κ2) is 7.68. The molecule has 2 saturated heterocycles. The Morgan fingerprint density at radius 1 is 1.00 bits per heavy atom. The zero-order valence-corrected chi connectivity index (χ0v) is 15.8. The molecule has 5 nitrogen and oxygen atoms in total. The Balaban J connectivity index is 1.40. The summed E-state index contributed by atoms with van der Waals surface area (Å²) in [7, 11) is 0. The summed E-state index contributed by atoms with van der Waals surface area (Å²) in [5.74, 6) is -0.266. The molecule has 1 atom stereocenters. The number of thiophene rings is 1. The van der Waals surface area contributed by atoms with Gasteiger partial charge >= 0.3 is 0 Å². The lowest BCUT2D eigenvalue weighted by Crippen LogP contribution is -2.54. The van der Waals surface area contributed by atoms with E-state index in [1.165, 1.54) is 17.4 Å². The van der Waals surface area contributed by atoms with Crippen molar-refractivity contribution in [2.24, 2.45) is 0 Å². The molecule has 2 aliphatic heterocycles. The fourth-order valence-electron chi connectivity index (χ4n) is 3.89. The van der Waals surface area contributed by atoms with Crippen LogP contribution in [0.25, 0.3) is 0 Å². The number of halogens is 1. The van der Waals surface area contributed by atoms with Crippen molar-refractivity contribution in [3.8, 4) is 0 Å². The maximum Gasteiger partial charge on any atom is 0.264 e. The first kappa shape index (κ1) is 18.0. The van der Waals surface area contributed by atoms with Gasteiger partial charge in [0.05, 0.1) is 10.6 Å². The number of amides is 2. The molecule has 2 amide bonds. The molecule has 1 aromatic carbocycles. The number of benzene rings is 1. The van der Waals surface area contributed by atoms with Crippen LogP contribution in [0.15, 0.2) is 41.8 Å². The van der Waals surface area contributed by atoms with E-state index in [0.717, 1.165) is 6.42 Å². The fraction of sp³-hybridized carbons (Fsp3) is 0.400. The van der Waals surface area contributed by atoms with Gasteiger partial charge in [-0.1, -0.05) is 18.2 Å². The van der Waals surface area contributed by atoms with Crippen LogP contribution in [0.2, 0.25) is 0 Å². The van der Waals surface area contributed by atoms with Crippen LogP contribution < -0.4 is 4.90 Å². The summed E-state index contributed by atoms with van der Waals surface area (Å²) in [6.45, 7) is 2.91. The standard InChI is InChI=1S/C20H22FN3O2S/c21-15-5-1-2-6-16(15)22-10-12-23(13-11-22)19(25)17-7-3-9-24(17)20(26)18-8-4-14-27-18/h1-2,4-6,8,14,17H,3,7,9-13H2. The predicted molar refractivity (Wildman–Crippen MR) is 104 cm³/mol. The second-order valence-corrected chi connectivity index (χ2v) is 7.85. The van der Waals surface area contributed by atoms with Gasteiger partial charge in [-0.25, -0.2) is 4.39 Å². The Morgan fingerprint density at radius 3 is 2.48 bits per heavy atom. The van der Waals surface area contributed by atoms with Crippen molar-refractivity contribution in [1.82, 2.24) is 9.80 Å². The highest BCUT2D eigenvalue weighted by Gasteiger charge is 2.38. The maximum atomic E-state index is 14.0. The molecule has 1 unspecified atom stereocenters. The van der Waals surface area contributed by atoms with E-state index < -0.39 is 0 Å². The molecule has 4 rings (SSSR count). The van der Waals surface area contributed by atoms with Gasteiger partial charge in [-0.2, -0.15) is 0 Å². The highest BCUT2D eigenvalue weighted by Crippen LogP contribution is 2.25. The van der Waals surface area contributed by atoms with Crippen LogP contribution in [0.5, 0.6) is 0 Å². The monoisotopic (exact) mass is 387 g/mol. The third-order valence-corrected chi connectivity index (χ3v) is 6.17. The number of rotatable bonds is 3. The van der Waals surface area contributed by atoms with Gasteiger partial charge in [0.15, 0.2) is 0 Å². The van der Waals surface area contributed by atoms with Gasteiger partial charge in [0.2, 0.25) is 5.91 Å². The molecule has 0 radical (unpaired) electrons. The third-order valence-electron chi connectivity index (χ3n) is 5.32. The highest BCUT2D eigenvalue weighted by molar-refractivity contribution is 7.12. The number of anilines is 1. The molecule has 0 aliphatic carbocycles.